The highest BCUT2D eigenvalue weighted by Gasteiger charge is 2.31. The molecule has 3 aromatic rings. The predicted molar refractivity (Wildman–Crippen MR) is 124 cm³/mol. The van der Waals surface area contributed by atoms with Crippen LogP contribution in [0.4, 0.5) is 5.69 Å². The Kier molecular flexibility index (Phi) is 6.58. The van der Waals surface area contributed by atoms with E-state index >= 15 is 0 Å². The van der Waals surface area contributed by atoms with Crippen molar-refractivity contribution in [1.82, 2.24) is 14.9 Å². The quantitative estimate of drug-likeness (QED) is 0.564. The van der Waals surface area contributed by atoms with E-state index < -0.39 is 0 Å². The third-order valence-electron chi connectivity index (χ3n) is 5.69. The van der Waals surface area contributed by atoms with Crippen molar-refractivity contribution < 1.29 is 19.1 Å². The number of ether oxygens (including phenoxy) is 2. The first-order valence-corrected chi connectivity index (χ1v) is 10.8. The van der Waals surface area contributed by atoms with Gasteiger partial charge in [0.1, 0.15) is 0 Å². The molecule has 9 heteroatoms. The van der Waals surface area contributed by atoms with Crippen LogP contribution in [0.3, 0.4) is 0 Å². The van der Waals surface area contributed by atoms with E-state index in [1.54, 1.807) is 17.0 Å². The Labute approximate surface area is 190 Å². The molecule has 1 atom stereocenters. The lowest BCUT2D eigenvalue weighted by Crippen LogP contribution is -2.37. The van der Waals surface area contributed by atoms with Gasteiger partial charge in [0.25, 0.3) is 5.56 Å². The number of hydrogen-bond acceptors (Lipinski definition) is 6. The topological polar surface area (TPSA) is 103 Å². The van der Waals surface area contributed by atoms with Crippen LogP contribution in [0.15, 0.2) is 53.6 Å². The molecule has 2 amide bonds. The molecule has 4 rings (SSSR count). The number of benzene rings is 2. The van der Waals surface area contributed by atoms with Crippen LogP contribution in [0.5, 0.6) is 11.5 Å². The second kappa shape index (κ2) is 9.72. The molecule has 1 saturated heterocycles. The van der Waals surface area contributed by atoms with Crippen molar-refractivity contribution in [2.24, 2.45) is 0 Å². The maximum atomic E-state index is 12.8. The zero-order chi connectivity index (χ0) is 23.4. The molecule has 33 heavy (non-hydrogen) atoms. The van der Waals surface area contributed by atoms with E-state index in [2.05, 4.69) is 10.3 Å². The number of aromatic nitrogens is 2. The Hall–Kier alpha value is -3.88. The Morgan fingerprint density at radius 2 is 1.85 bits per heavy atom. The van der Waals surface area contributed by atoms with Crippen molar-refractivity contribution in [3.63, 3.8) is 0 Å². The van der Waals surface area contributed by atoms with Crippen LogP contribution in [-0.4, -0.2) is 48.2 Å². The van der Waals surface area contributed by atoms with Crippen molar-refractivity contribution in [1.29, 1.82) is 0 Å². The van der Waals surface area contributed by atoms with Crippen LogP contribution in [-0.2, 0) is 16.1 Å². The van der Waals surface area contributed by atoms with Crippen molar-refractivity contribution in [2.75, 3.05) is 25.7 Å². The van der Waals surface area contributed by atoms with Gasteiger partial charge < -0.3 is 19.7 Å². The minimum Gasteiger partial charge on any atom is -0.493 e. The number of aryl methyl sites for hydroxylation is 1. The first kappa shape index (κ1) is 22.3. The number of hydrogen-bond donors (Lipinski definition) is 1. The highest BCUT2D eigenvalue weighted by molar-refractivity contribution is 5.96. The predicted octanol–water partition coefficient (Wildman–Crippen LogP) is 2.12. The molecule has 1 N–H and O–H groups in total. The van der Waals surface area contributed by atoms with Crippen molar-refractivity contribution >= 4 is 28.4 Å². The number of fused-ring (bicyclic) bond motifs is 1. The molecular formula is C24H26N4O5. The van der Waals surface area contributed by atoms with E-state index in [4.69, 9.17) is 9.47 Å². The molecule has 172 valence electrons. The maximum absolute atomic E-state index is 12.8. The van der Waals surface area contributed by atoms with Crippen molar-refractivity contribution in [2.45, 2.75) is 31.8 Å². The summed E-state index contributed by atoms with van der Waals surface area (Å²) in [5.41, 5.74) is 1.14. The summed E-state index contributed by atoms with van der Waals surface area (Å²) in [6.45, 7) is 0.803. The van der Waals surface area contributed by atoms with E-state index in [1.165, 1.54) is 25.1 Å². The van der Waals surface area contributed by atoms with Crippen LogP contribution in [0.25, 0.3) is 10.9 Å². The number of amides is 2. The van der Waals surface area contributed by atoms with E-state index in [0.717, 1.165) is 5.69 Å². The molecule has 0 bridgehead atoms. The van der Waals surface area contributed by atoms with Gasteiger partial charge in [-0.25, -0.2) is 4.98 Å². The number of carbonyl (C=O) groups is 2. The Bertz CT molecular complexity index is 1220. The van der Waals surface area contributed by atoms with Gasteiger partial charge in [-0.3, -0.25) is 19.0 Å². The lowest BCUT2D eigenvalue weighted by Gasteiger charge is -2.17. The van der Waals surface area contributed by atoms with Crippen LogP contribution in [0.2, 0.25) is 0 Å². The minimum atomic E-state index is -0.224. The monoisotopic (exact) mass is 450 g/mol. The first-order valence-electron chi connectivity index (χ1n) is 10.8. The van der Waals surface area contributed by atoms with E-state index in [-0.39, 0.29) is 36.3 Å². The molecule has 1 aliphatic heterocycles. The van der Waals surface area contributed by atoms with Crippen LogP contribution >= 0.6 is 0 Å². The largest absolute Gasteiger partial charge is 0.493 e. The standard InChI is InChI=1S/C24H26N4O5/c1-32-20-12-18-19(13-21(20)33-2)25-15-27(24(18)31)10-6-9-22(29)26-16-11-23(30)28(14-16)17-7-4-3-5-8-17/h3-5,7-8,12-13,15-16H,6,9-11,14H2,1-2H3,(H,26,29). The number of anilines is 1. The fourth-order valence-corrected chi connectivity index (χ4v) is 4.02. The van der Waals surface area contributed by atoms with Gasteiger partial charge in [0.15, 0.2) is 11.5 Å². The number of nitrogens with one attached hydrogen (secondary N) is 1. The van der Waals surface area contributed by atoms with Gasteiger partial charge in [0, 0.05) is 37.7 Å². The molecule has 0 aliphatic carbocycles. The summed E-state index contributed by atoms with van der Waals surface area (Å²) >= 11 is 0. The van der Waals surface area contributed by atoms with Gasteiger partial charge in [0.05, 0.1) is 37.5 Å². The van der Waals surface area contributed by atoms with E-state index in [9.17, 15) is 14.4 Å². The summed E-state index contributed by atoms with van der Waals surface area (Å²) in [6, 6.07) is 12.5. The summed E-state index contributed by atoms with van der Waals surface area (Å²) in [5.74, 6) is 0.808. The number of carbonyl (C=O) groups excluding carboxylic acids is 2. The van der Waals surface area contributed by atoms with Crippen LogP contribution < -0.4 is 25.2 Å². The highest BCUT2D eigenvalue weighted by atomic mass is 16.5. The fraction of sp³-hybridized carbons (Fsp3) is 0.333. The third-order valence-corrected chi connectivity index (χ3v) is 5.69. The highest BCUT2D eigenvalue weighted by Crippen LogP contribution is 2.29. The molecular weight excluding hydrogens is 424 g/mol. The SMILES string of the molecule is COc1cc2ncn(CCCC(=O)NC3CC(=O)N(c4ccccc4)C3)c(=O)c2cc1OC. The first-order chi connectivity index (χ1) is 16.0. The molecule has 0 saturated carbocycles. The second-order valence-electron chi connectivity index (χ2n) is 7.88. The Balaban J connectivity index is 1.34. The second-order valence-corrected chi connectivity index (χ2v) is 7.88. The summed E-state index contributed by atoms with van der Waals surface area (Å²) in [5, 5.41) is 3.35. The van der Waals surface area contributed by atoms with Crippen molar-refractivity contribution in [3.8, 4) is 11.5 Å². The van der Waals surface area contributed by atoms with Gasteiger partial charge in [-0.05, 0) is 24.6 Å². The molecule has 1 fully saturated rings. The molecule has 2 heterocycles. The van der Waals surface area contributed by atoms with Gasteiger partial charge in [-0.2, -0.15) is 0 Å². The van der Waals surface area contributed by atoms with Crippen molar-refractivity contribution in [3.05, 3.63) is 59.1 Å². The summed E-state index contributed by atoms with van der Waals surface area (Å²) in [7, 11) is 3.03. The molecule has 0 spiro atoms. The van der Waals surface area contributed by atoms with Gasteiger partial charge >= 0.3 is 0 Å². The molecule has 9 nitrogen and oxygen atoms in total. The lowest BCUT2D eigenvalue weighted by molar-refractivity contribution is -0.121. The normalized spacial score (nSPS) is 15.6. The van der Waals surface area contributed by atoms with Gasteiger partial charge in [-0.1, -0.05) is 18.2 Å². The van der Waals surface area contributed by atoms with Gasteiger partial charge in [0.2, 0.25) is 11.8 Å². The van der Waals surface area contributed by atoms with Gasteiger partial charge in [-0.15, -0.1) is 0 Å². The average molecular weight is 450 g/mol. The molecule has 1 aliphatic rings. The zero-order valence-corrected chi connectivity index (χ0v) is 18.6. The summed E-state index contributed by atoms with van der Waals surface area (Å²) in [6.07, 6.45) is 2.46. The molecule has 2 aromatic carbocycles. The van der Waals surface area contributed by atoms with E-state index in [0.29, 0.717) is 41.9 Å². The number of nitrogens with zero attached hydrogens (tertiary/aromatic N) is 3. The van der Waals surface area contributed by atoms with Crippen LogP contribution in [0, 0.1) is 0 Å². The number of methoxy groups -OCH3 is 2. The lowest BCUT2D eigenvalue weighted by atomic mass is 10.2. The zero-order valence-electron chi connectivity index (χ0n) is 18.6. The summed E-state index contributed by atoms with van der Waals surface area (Å²) in [4.78, 5) is 43.6. The summed E-state index contributed by atoms with van der Waals surface area (Å²) < 4.78 is 12.0. The molecule has 0 radical (unpaired) electrons. The Morgan fingerprint density at radius 1 is 1.12 bits per heavy atom. The number of para-hydroxylation sites is 1. The van der Waals surface area contributed by atoms with Crippen LogP contribution in [0.1, 0.15) is 19.3 Å². The maximum Gasteiger partial charge on any atom is 0.261 e. The average Bonchev–Trinajstić information content (AvgIpc) is 3.20. The third kappa shape index (κ3) is 4.82. The number of rotatable bonds is 8. The smallest absolute Gasteiger partial charge is 0.261 e. The fourth-order valence-electron chi connectivity index (χ4n) is 4.02. The Morgan fingerprint density at radius 3 is 2.58 bits per heavy atom. The van der Waals surface area contributed by atoms with E-state index in [1.807, 2.05) is 30.3 Å². The molecule has 1 aromatic heterocycles. The molecule has 1 unspecified atom stereocenters. The minimum absolute atomic E-state index is 0.00708.